The summed E-state index contributed by atoms with van der Waals surface area (Å²) in [7, 11) is -4.17. The molecule has 9 nitrogen and oxygen atoms in total. The fourth-order valence-corrected chi connectivity index (χ4v) is 3.81. The van der Waals surface area contributed by atoms with E-state index in [1.807, 2.05) is 0 Å². The third kappa shape index (κ3) is 5.73. The molecule has 11 heteroatoms. The van der Waals surface area contributed by atoms with Gasteiger partial charge in [0.25, 0.3) is 5.16 Å². The van der Waals surface area contributed by atoms with E-state index in [0.717, 1.165) is 12.7 Å². The average molecular weight is 402 g/mol. The molecule has 26 heavy (non-hydrogen) atoms. The van der Waals surface area contributed by atoms with Crippen molar-refractivity contribution >= 4 is 35.5 Å². The predicted octanol–water partition coefficient (Wildman–Crippen LogP) is 0.873. The van der Waals surface area contributed by atoms with Gasteiger partial charge in [-0.15, -0.1) is 0 Å². The first-order valence-electron chi connectivity index (χ1n) is 8.61. The first-order chi connectivity index (χ1) is 12.2. The number of hydrogen-bond donors (Lipinski definition) is 2. The maximum atomic E-state index is 11.9. The van der Waals surface area contributed by atoms with E-state index in [-0.39, 0.29) is 18.4 Å². The van der Waals surface area contributed by atoms with E-state index in [2.05, 4.69) is 33.5 Å². The molecule has 0 saturated carbocycles. The number of aliphatic hydroxyl groups is 1. The molecular weight excluding hydrogens is 374 g/mol. The number of rotatable bonds is 10. The van der Waals surface area contributed by atoms with Gasteiger partial charge in [0.2, 0.25) is 9.84 Å². The van der Waals surface area contributed by atoms with Crippen molar-refractivity contribution in [1.29, 1.82) is 0 Å². The van der Waals surface area contributed by atoms with Crippen LogP contribution in [0.3, 0.4) is 0 Å². The van der Waals surface area contributed by atoms with Crippen LogP contribution < -0.4 is 5.32 Å². The highest BCUT2D eigenvalue weighted by atomic mass is 32.2. The van der Waals surface area contributed by atoms with E-state index in [0.29, 0.717) is 23.5 Å². The summed E-state index contributed by atoms with van der Waals surface area (Å²) in [6.45, 7) is 7.28. The monoisotopic (exact) mass is 401 g/mol. The van der Waals surface area contributed by atoms with Crippen molar-refractivity contribution in [2.75, 3.05) is 24.7 Å². The van der Waals surface area contributed by atoms with Gasteiger partial charge in [-0.05, 0) is 13.3 Å². The number of anilines is 1. The van der Waals surface area contributed by atoms with Crippen molar-refractivity contribution in [2.45, 2.75) is 50.5 Å². The van der Waals surface area contributed by atoms with E-state index in [1.165, 1.54) is 10.7 Å². The summed E-state index contributed by atoms with van der Waals surface area (Å²) in [6.07, 6.45) is 3.02. The molecule has 0 spiro atoms. The Balaban J connectivity index is 2.25. The first-order valence-corrected chi connectivity index (χ1v) is 13.6. The Morgan fingerprint density at radius 3 is 2.73 bits per heavy atom. The molecule has 0 saturated heterocycles. The van der Waals surface area contributed by atoms with Crippen molar-refractivity contribution in [3.05, 3.63) is 6.20 Å². The minimum absolute atomic E-state index is 0.194. The molecule has 0 bridgehead atoms. The van der Waals surface area contributed by atoms with Crippen molar-refractivity contribution < 1.29 is 18.3 Å². The number of ether oxygens (including phenoxy) is 1. The Morgan fingerprint density at radius 1 is 1.38 bits per heavy atom. The van der Waals surface area contributed by atoms with Gasteiger partial charge in [0.05, 0.1) is 17.7 Å². The molecule has 1 atom stereocenters. The predicted molar refractivity (Wildman–Crippen MR) is 103 cm³/mol. The molecule has 0 fully saturated rings. The molecular formula is C15H27N5O4SSi. The SMILES string of the molecule is C[C@H](O)CNc1nc(S(C)(=O)=O)nc2c1cnn2COCCC[SiH](C)C. The molecule has 0 aliphatic heterocycles. The van der Waals surface area contributed by atoms with Crippen LogP contribution in [0.25, 0.3) is 11.0 Å². The number of nitrogens with one attached hydrogen (secondary N) is 1. The highest BCUT2D eigenvalue weighted by Gasteiger charge is 2.19. The first kappa shape index (κ1) is 20.7. The van der Waals surface area contributed by atoms with Crippen molar-refractivity contribution in [3.63, 3.8) is 0 Å². The lowest BCUT2D eigenvalue weighted by molar-refractivity contribution is 0.0718. The van der Waals surface area contributed by atoms with Gasteiger partial charge < -0.3 is 15.2 Å². The number of sulfone groups is 1. The van der Waals surface area contributed by atoms with Gasteiger partial charge in [0, 0.05) is 28.2 Å². The summed E-state index contributed by atoms with van der Waals surface area (Å²) < 4.78 is 31.0. The molecule has 2 aromatic heterocycles. The zero-order valence-corrected chi connectivity index (χ0v) is 17.6. The van der Waals surface area contributed by atoms with Crippen LogP contribution >= 0.6 is 0 Å². The normalized spacial score (nSPS) is 13.5. The topological polar surface area (TPSA) is 119 Å². The Kier molecular flexibility index (Phi) is 7.09. The van der Waals surface area contributed by atoms with Crippen LogP contribution in [0.4, 0.5) is 5.82 Å². The summed E-state index contributed by atoms with van der Waals surface area (Å²) in [4.78, 5) is 8.22. The second-order valence-corrected chi connectivity index (χ2v) is 12.1. The lowest BCUT2D eigenvalue weighted by Gasteiger charge is -2.10. The van der Waals surface area contributed by atoms with Gasteiger partial charge in [-0.25, -0.2) is 18.1 Å². The summed E-state index contributed by atoms with van der Waals surface area (Å²) in [6, 6.07) is 1.22. The smallest absolute Gasteiger partial charge is 0.250 e. The average Bonchev–Trinajstić information content (AvgIpc) is 2.94. The van der Waals surface area contributed by atoms with Gasteiger partial charge in [0.1, 0.15) is 12.5 Å². The fourth-order valence-electron chi connectivity index (χ4n) is 2.32. The maximum Gasteiger partial charge on any atom is 0.250 e. The van der Waals surface area contributed by atoms with Crippen molar-refractivity contribution in [3.8, 4) is 0 Å². The quantitative estimate of drug-likeness (QED) is 0.342. The summed E-state index contributed by atoms with van der Waals surface area (Å²) in [5.74, 6) is 0.327. The third-order valence-electron chi connectivity index (χ3n) is 3.66. The number of nitrogens with zero attached hydrogens (tertiary/aromatic N) is 4. The summed E-state index contributed by atoms with van der Waals surface area (Å²) in [5.41, 5.74) is 0.381. The fraction of sp³-hybridized carbons (Fsp3) is 0.667. The van der Waals surface area contributed by atoms with E-state index in [1.54, 1.807) is 13.1 Å². The van der Waals surface area contributed by atoms with Gasteiger partial charge in [0.15, 0.2) is 5.65 Å². The second kappa shape index (κ2) is 8.89. The number of hydrogen-bond acceptors (Lipinski definition) is 8. The van der Waals surface area contributed by atoms with Gasteiger partial charge >= 0.3 is 0 Å². The largest absolute Gasteiger partial charge is 0.392 e. The summed E-state index contributed by atoms with van der Waals surface area (Å²) >= 11 is 0. The molecule has 0 unspecified atom stereocenters. The van der Waals surface area contributed by atoms with Gasteiger partial charge in [-0.1, -0.05) is 19.1 Å². The van der Waals surface area contributed by atoms with E-state index in [9.17, 15) is 13.5 Å². The van der Waals surface area contributed by atoms with E-state index < -0.39 is 24.7 Å². The second-order valence-electron chi connectivity index (χ2n) is 6.81. The van der Waals surface area contributed by atoms with Crippen molar-refractivity contribution in [1.82, 2.24) is 19.7 Å². The molecule has 0 aliphatic rings. The zero-order valence-electron chi connectivity index (χ0n) is 15.6. The Labute approximate surface area is 155 Å². The zero-order chi connectivity index (χ0) is 19.3. The lowest BCUT2D eigenvalue weighted by Crippen LogP contribution is -2.17. The van der Waals surface area contributed by atoms with Crippen LogP contribution in [-0.2, 0) is 21.3 Å². The Hall–Kier alpha value is -1.56. The highest BCUT2D eigenvalue weighted by molar-refractivity contribution is 7.90. The Morgan fingerprint density at radius 2 is 2.12 bits per heavy atom. The Bertz CT molecular complexity index is 838. The molecule has 2 heterocycles. The highest BCUT2D eigenvalue weighted by Crippen LogP contribution is 2.22. The van der Waals surface area contributed by atoms with Crippen molar-refractivity contribution in [2.24, 2.45) is 0 Å². The van der Waals surface area contributed by atoms with Crippen LogP contribution in [0.15, 0.2) is 11.4 Å². The number of aromatic nitrogens is 4. The maximum absolute atomic E-state index is 11.9. The van der Waals surface area contributed by atoms with E-state index >= 15 is 0 Å². The molecule has 146 valence electrons. The molecule has 2 aromatic rings. The standard InChI is InChI=1S/C15H27N5O4SSi/c1-11(21)8-16-13-12-9-17-20(10-24-6-5-7-26(3)4)14(12)19-15(18-13)25(2,22)23/h9,11,21,26H,5-8,10H2,1-4H3,(H,16,18,19)/t11-/m0/s1. The minimum Gasteiger partial charge on any atom is -0.392 e. The lowest BCUT2D eigenvalue weighted by atomic mass is 10.3. The molecule has 0 amide bonds. The third-order valence-corrected chi connectivity index (χ3v) is 6.06. The number of fused-ring (bicyclic) bond motifs is 1. The van der Waals surface area contributed by atoms with Crippen LogP contribution in [0.1, 0.15) is 13.3 Å². The molecule has 0 aromatic carbocycles. The molecule has 2 rings (SSSR count). The summed E-state index contributed by atoms with van der Waals surface area (Å²) in [5, 5.41) is 16.9. The molecule has 0 radical (unpaired) electrons. The van der Waals surface area contributed by atoms with Crippen LogP contribution in [-0.4, -0.2) is 67.6 Å². The van der Waals surface area contributed by atoms with Crippen LogP contribution in [0, 0.1) is 0 Å². The molecule has 2 N–H and O–H groups in total. The van der Waals surface area contributed by atoms with Crippen LogP contribution in [0.5, 0.6) is 0 Å². The van der Waals surface area contributed by atoms with Gasteiger partial charge in [-0.2, -0.15) is 10.1 Å². The van der Waals surface area contributed by atoms with Crippen LogP contribution in [0.2, 0.25) is 19.1 Å². The molecule has 0 aliphatic carbocycles. The van der Waals surface area contributed by atoms with Gasteiger partial charge in [-0.3, -0.25) is 0 Å². The van der Waals surface area contributed by atoms with E-state index in [4.69, 9.17) is 4.74 Å². The minimum atomic E-state index is -3.59. The number of aliphatic hydroxyl groups excluding tert-OH is 1.